The van der Waals surface area contributed by atoms with E-state index in [4.69, 9.17) is 10.8 Å². The molecule has 0 saturated heterocycles. The summed E-state index contributed by atoms with van der Waals surface area (Å²) in [5.74, 6) is -1.02. The van der Waals surface area contributed by atoms with Gasteiger partial charge >= 0.3 is 5.97 Å². The molecular weight excluding hydrogens is 184 g/mol. The van der Waals surface area contributed by atoms with Crippen LogP contribution in [-0.2, 0) is 6.54 Å². The van der Waals surface area contributed by atoms with E-state index in [1.54, 1.807) is 0 Å². The topological polar surface area (TPSA) is 101 Å². The van der Waals surface area contributed by atoms with Crippen LogP contribution in [0.2, 0.25) is 0 Å². The van der Waals surface area contributed by atoms with Crippen molar-refractivity contribution in [3.8, 4) is 0 Å². The highest BCUT2D eigenvalue weighted by molar-refractivity contribution is 5.88. The summed E-state index contributed by atoms with van der Waals surface area (Å²) < 4.78 is 0. The van der Waals surface area contributed by atoms with Crippen LogP contribution in [-0.4, -0.2) is 34.1 Å². The quantitative estimate of drug-likeness (QED) is 0.534. The molecule has 0 aromatic carbocycles. The van der Waals surface area contributed by atoms with Crippen molar-refractivity contribution < 1.29 is 9.90 Å². The van der Waals surface area contributed by atoms with Crippen molar-refractivity contribution in [1.29, 1.82) is 0 Å². The minimum absolute atomic E-state index is 0.122. The molecular formula is C8H12N4O2. The van der Waals surface area contributed by atoms with E-state index in [0.717, 1.165) is 0 Å². The zero-order chi connectivity index (χ0) is 10.4. The number of carboxylic acid groups (broad SMARTS) is 1. The molecule has 6 heteroatoms. The predicted octanol–water partition coefficient (Wildman–Crippen LogP) is -0.777. The summed E-state index contributed by atoms with van der Waals surface area (Å²) in [5, 5.41) is 11.8. The standard InChI is InChI=1S/C8H12N4O2/c9-1-2-10-4-7-6(8(13)14)3-11-5-12-7/h3,5,10H,1-2,4,9H2,(H,13,14). The maximum absolute atomic E-state index is 10.7. The average Bonchev–Trinajstić information content (AvgIpc) is 2.19. The van der Waals surface area contributed by atoms with Gasteiger partial charge in [-0.05, 0) is 0 Å². The lowest BCUT2D eigenvalue weighted by Crippen LogP contribution is -2.23. The van der Waals surface area contributed by atoms with Crippen molar-refractivity contribution in [2.24, 2.45) is 5.73 Å². The monoisotopic (exact) mass is 196 g/mol. The average molecular weight is 196 g/mol. The Kier molecular flexibility index (Phi) is 3.96. The maximum Gasteiger partial charge on any atom is 0.339 e. The Morgan fingerprint density at radius 1 is 1.64 bits per heavy atom. The van der Waals surface area contributed by atoms with Crippen molar-refractivity contribution in [2.75, 3.05) is 13.1 Å². The summed E-state index contributed by atoms with van der Waals surface area (Å²) in [6.07, 6.45) is 2.61. The summed E-state index contributed by atoms with van der Waals surface area (Å²) >= 11 is 0. The molecule has 0 aliphatic heterocycles. The van der Waals surface area contributed by atoms with Gasteiger partial charge in [0.25, 0.3) is 0 Å². The fraction of sp³-hybridized carbons (Fsp3) is 0.375. The number of carbonyl (C=O) groups is 1. The first-order chi connectivity index (χ1) is 6.75. The van der Waals surface area contributed by atoms with Gasteiger partial charge in [0.2, 0.25) is 0 Å². The lowest BCUT2D eigenvalue weighted by Gasteiger charge is -2.04. The zero-order valence-electron chi connectivity index (χ0n) is 7.60. The van der Waals surface area contributed by atoms with Crippen LogP contribution in [0.1, 0.15) is 16.1 Å². The minimum atomic E-state index is -1.02. The van der Waals surface area contributed by atoms with Gasteiger partial charge in [0, 0.05) is 25.8 Å². The molecule has 4 N–H and O–H groups in total. The van der Waals surface area contributed by atoms with Crippen LogP contribution >= 0.6 is 0 Å². The Bertz CT molecular complexity index is 316. The number of hydrogen-bond acceptors (Lipinski definition) is 5. The first-order valence-electron chi connectivity index (χ1n) is 4.18. The number of rotatable bonds is 5. The van der Waals surface area contributed by atoms with Crippen LogP contribution in [0.4, 0.5) is 0 Å². The van der Waals surface area contributed by atoms with Gasteiger partial charge in [0.05, 0.1) is 5.69 Å². The van der Waals surface area contributed by atoms with Gasteiger partial charge in [-0.25, -0.2) is 14.8 Å². The van der Waals surface area contributed by atoms with Crippen molar-refractivity contribution in [2.45, 2.75) is 6.54 Å². The highest BCUT2D eigenvalue weighted by Crippen LogP contribution is 2.02. The number of aromatic nitrogens is 2. The van der Waals surface area contributed by atoms with E-state index in [1.165, 1.54) is 12.5 Å². The number of carboxylic acids is 1. The zero-order valence-corrected chi connectivity index (χ0v) is 7.60. The highest BCUT2D eigenvalue weighted by Gasteiger charge is 2.09. The number of nitrogens with zero attached hydrogens (tertiary/aromatic N) is 2. The van der Waals surface area contributed by atoms with Gasteiger partial charge in [-0.3, -0.25) is 0 Å². The third-order valence-electron chi connectivity index (χ3n) is 1.64. The summed E-state index contributed by atoms with van der Waals surface area (Å²) in [7, 11) is 0. The molecule has 1 aromatic heterocycles. The van der Waals surface area contributed by atoms with Crippen molar-refractivity contribution in [3.05, 3.63) is 23.8 Å². The molecule has 0 fully saturated rings. The van der Waals surface area contributed by atoms with Crippen molar-refractivity contribution in [3.63, 3.8) is 0 Å². The second-order valence-electron chi connectivity index (χ2n) is 2.65. The molecule has 0 bridgehead atoms. The minimum Gasteiger partial charge on any atom is -0.478 e. The normalized spacial score (nSPS) is 10.1. The van der Waals surface area contributed by atoms with Crippen LogP contribution in [0.3, 0.4) is 0 Å². The van der Waals surface area contributed by atoms with E-state index in [9.17, 15) is 4.79 Å². The SMILES string of the molecule is NCCNCc1ncncc1C(=O)O. The first-order valence-corrected chi connectivity index (χ1v) is 4.18. The third-order valence-corrected chi connectivity index (χ3v) is 1.64. The third kappa shape index (κ3) is 2.75. The Labute approximate surface area is 81.2 Å². The molecule has 1 aromatic rings. The van der Waals surface area contributed by atoms with Crippen LogP contribution in [0.5, 0.6) is 0 Å². The molecule has 0 radical (unpaired) electrons. The van der Waals surface area contributed by atoms with Gasteiger partial charge in [-0.2, -0.15) is 0 Å². The molecule has 0 atom stereocenters. The highest BCUT2D eigenvalue weighted by atomic mass is 16.4. The Hall–Kier alpha value is -1.53. The number of nitrogens with one attached hydrogen (secondary N) is 1. The van der Waals surface area contributed by atoms with Crippen molar-refractivity contribution >= 4 is 5.97 Å². The van der Waals surface area contributed by atoms with Crippen LogP contribution < -0.4 is 11.1 Å². The van der Waals surface area contributed by atoms with E-state index in [-0.39, 0.29) is 5.56 Å². The fourth-order valence-corrected chi connectivity index (χ4v) is 0.983. The van der Waals surface area contributed by atoms with Crippen LogP contribution in [0, 0.1) is 0 Å². The Morgan fingerprint density at radius 3 is 3.07 bits per heavy atom. The van der Waals surface area contributed by atoms with E-state index in [1.807, 2.05) is 0 Å². The van der Waals surface area contributed by atoms with E-state index >= 15 is 0 Å². The second-order valence-corrected chi connectivity index (χ2v) is 2.65. The van der Waals surface area contributed by atoms with Crippen LogP contribution in [0.25, 0.3) is 0 Å². The molecule has 0 spiro atoms. The molecule has 1 heterocycles. The lowest BCUT2D eigenvalue weighted by molar-refractivity contribution is 0.0694. The van der Waals surface area contributed by atoms with Gasteiger partial charge in [0.1, 0.15) is 11.9 Å². The molecule has 76 valence electrons. The molecule has 14 heavy (non-hydrogen) atoms. The predicted molar refractivity (Wildman–Crippen MR) is 49.8 cm³/mol. The Balaban J connectivity index is 2.69. The summed E-state index contributed by atoms with van der Waals surface area (Å²) in [5.41, 5.74) is 5.87. The summed E-state index contributed by atoms with van der Waals surface area (Å²) in [6, 6.07) is 0. The van der Waals surface area contributed by atoms with E-state index < -0.39 is 5.97 Å². The molecule has 6 nitrogen and oxygen atoms in total. The Morgan fingerprint density at radius 2 is 2.43 bits per heavy atom. The lowest BCUT2D eigenvalue weighted by atomic mass is 10.2. The summed E-state index contributed by atoms with van der Waals surface area (Å²) in [6.45, 7) is 1.53. The smallest absolute Gasteiger partial charge is 0.339 e. The number of aromatic carboxylic acids is 1. The van der Waals surface area contributed by atoms with Crippen LogP contribution in [0.15, 0.2) is 12.5 Å². The molecule has 0 aliphatic carbocycles. The van der Waals surface area contributed by atoms with E-state index in [0.29, 0.717) is 25.3 Å². The molecule has 0 saturated carbocycles. The molecule has 0 unspecified atom stereocenters. The van der Waals surface area contributed by atoms with Gasteiger partial charge in [-0.15, -0.1) is 0 Å². The molecule has 0 aliphatic rings. The number of hydrogen-bond donors (Lipinski definition) is 3. The van der Waals surface area contributed by atoms with Gasteiger partial charge in [0.15, 0.2) is 0 Å². The second kappa shape index (κ2) is 5.25. The number of nitrogens with two attached hydrogens (primary N) is 1. The molecule has 1 rings (SSSR count). The maximum atomic E-state index is 10.7. The first kappa shape index (κ1) is 10.6. The van der Waals surface area contributed by atoms with E-state index in [2.05, 4.69) is 15.3 Å². The van der Waals surface area contributed by atoms with Gasteiger partial charge < -0.3 is 16.2 Å². The fourth-order valence-electron chi connectivity index (χ4n) is 0.983. The van der Waals surface area contributed by atoms with Crippen molar-refractivity contribution in [1.82, 2.24) is 15.3 Å². The summed E-state index contributed by atoms with van der Waals surface area (Å²) in [4.78, 5) is 18.2. The van der Waals surface area contributed by atoms with Gasteiger partial charge in [-0.1, -0.05) is 0 Å². The largest absolute Gasteiger partial charge is 0.478 e. The molecule has 0 amide bonds.